The van der Waals surface area contributed by atoms with E-state index in [0.717, 1.165) is 34.0 Å². The predicted molar refractivity (Wildman–Crippen MR) is 92.9 cm³/mol. The Morgan fingerprint density at radius 2 is 2.00 bits per heavy atom. The Balaban J connectivity index is 2.01. The number of hydrogen-bond acceptors (Lipinski definition) is 6. The molecule has 0 atom stereocenters. The molecule has 1 aliphatic rings. The van der Waals surface area contributed by atoms with Crippen molar-refractivity contribution in [1.82, 2.24) is 9.97 Å². The highest BCUT2D eigenvalue weighted by Gasteiger charge is 2.21. The largest absolute Gasteiger partial charge is 0.308 e. The molecule has 0 saturated carbocycles. The van der Waals surface area contributed by atoms with E-state index in [1.54, 1.807) is 0 Å². The monoisotopic (exact) mass is 322 g/mol. The Morgan fingerprint density at radius 3 is 2.71 bits per heavy atom. The maximum atomic E-state index is 5.72. The second kappa shape index (κ2) is 5.74. The van der Waals surface area contributed by atoms with Crippen LogP contribution in [-0.4, -0.2) is 14.7 Å². The Morgan fingerprint density at radius 1 is 1.24 bits per heavy atom. The molecule has 0 bridgehead atoms. The van der Waals surface area contributed by atoms with Crippen molar-refractivity contribution in [3.63, 3.8) is 0 Å². The van der Waals surface area contributed by atoms with Crippen molar-refractivity contribution in [1.29, 1.82) is 0 Å². The lowest BCUT2D eigenvalue weighted by molar-refractivity contribution is 0.700. The van der Waals surface area contributed by atoms with Crippen LogP contribution in [0.3, 0.4) is 0 Å². The summed E-state index contributed by atoms with van der Waals surface area (Å²) < 4.78 is 0.212. The van der Waals surface area contributed by atoms with Gasteiger partial charge >= 0.3 is 0 Å². The summed E-state index contributed by atoms with van der Waals surface area (Å²) in [6, 6.07) is 0. The molecule has 0 fully saturated rings. The van der Waals surface area contributed by atoms with Gasteiger partial charge in [-0.05, 0) is 31.2 Å². The van der Waals surface area contributed by atoms with E-state index in [9.17, 15) is 0 Å². The maximum absolute atomic E-state index is 5.72. The van der Waals surface area contributed by atoms with Gasteiger partial charge < -0.3 is 5.43 Å². The average molecular weight is 323 g/mol. The summed E-state index contributed by atoms with van der Waals surface area (Å²) in [5.74, 6) is 8.20. The van der Waals surface area contributed by atoms with Crippen LogP contribution in [0.2, 0.25) is 0 Å². The van der Waals surface area contributed by atoms with Gasteiger partial charge in [0.1, 0.15) is 10.7 Å². The quantitative estimate of drug-likeness (QED) is 0.663. The molecule has 0 saturated heterocycles. The molecule has 0 aromatic carbocycles. The Kier molecular flexibility index (Phi) is 4.12. The van der Waals surface area contributed by atoms with Gasteiger partial charge in [0.15, 0.2) is 5.82 Å². The van der Waals surface area contributed by atoms with Gasteiger partial charge in [0.05, 0.1) is 11.1 Å². The summed E-state index contributed by atoms with van der Waals surface area (Å²) in [4.78, 5) is 12.0. The number of aromatic nitrogens is 2. The van der Waals surface area contributed by atoms with Gasteiger partial charge in [0.25, 0.3) is 0 Å². The summed E-state index contributed by atoms with van der Waals surface area (Å²) in [6.07, 6.45) is 4.84. The topological polar surface area (TPSA) is 63.8 Å². The van der Waals surface area contributed by atoms with Crippen LogP contribution in [0.5, 0.6) is 0 Å². The predicted octanol–water partition coefficient (Wildman–Crippen LogP) is 3.89. The van der Waals surface area contributed by atoms with Crippen molar-refractivity contribution in [3.8, 4) is 0 Å². The average Bonchev–Trinajstić information content (AvgIpc) is 2.81. The lowest BCUT2D eigenvalue weighted by Crippen LogP contribution is -2.13. The number of nitrogens with one attached hydrogen (secondary N) is 1. The molecule has 1 aliphatic carbocycles. The number of hydrazine groups is 1. The van der Waals surface area contributed by atoms with E-state index in [1.165, 1.54) is 29.7 Å². The van der Waals surface area contributed by atoms with Crippen molar-refractivity contribution in [2.75, 3.05) is 5.43 Å². The number of nitrogens with two attached hydrogens (primary N) is 1. The number of rotatable bonds is 3. The fourth-order valence-electron chi connectivity index (χ4n) is 2.65. The molecule has 0 amide bonds. The van der Waals surface area contributed by atoms with E-state index >= 15 is 0 Å². The van der Waals surface area contributed by atoms with E-state index in [1.807, 2.05) is 23.1 Å². The number of aryl methyl sites for hydroxylation is 2. The highest BCUT2D eigenvalue weighted by molar-refractivity contribution is 7.99. The van der Waals surface area contributed by atoms with Crippen molar-refractivity contribution in [2.45, 2.75) is 57.0 Å². The molecule has 2 aromatic rings. The molecule has 0 unspecified atom stereocenters. The first-order valence-corrected chi connectivity index (χ1v) is 9.20. The maximum Gasteiger partial charge on any atom is 0.152 e. The Hall–Kier alpha value is -0.850. The van der Waals surface area contributed by atoms with Crippen LogP contribution in [0.1, 0.15) is 49.9 Å². The first kappa shape index (κ1) is 15.1. The highest BCUT2D eigenvalue weighted by atomic mass is 32.2. The zero-order valence-electron chi connectivity index (χ0n) is 12.8. The lowest BCUT2D eigenvalue weighted by atomic mass is 9.97. The number of anilines is 1. The lowest BCUT2D eigenvalue weighted by Gasteiger charge is -2.17. The molecule has 6 heteroatoms. The van der Waals surface area contributed by atoms with Gasteiger partial charge in [0, 0.05) is 9.62 Å². The first-order valence-electron chi connectivity index (χ1n) is 7.39. The number of fused-ring (bicyclic) bond motifs is 3. The standard InChI is InChI=1S/C15H22N4S2/c1-15(2,3)20-8-11-17-13(19-16)12-9-6-4-5-7-10(9)21-14(12)18-11/h4-8,16H2,1-3H3,(H,17,18,19). The number of nitrogen functional groups attached to an aromatic ring is 1. The summed E-state index contributed by atoms with van der Waals surface area (Å²) in [5.41, 5.74) is 4.21. The zero-order chi connectivity index (χ0) is 15.0. The van der Waals surface area contributed by atoms with Crippen LogP contribution >= 0.6 is 23.1 Å². The molecular weight excluding hydrogens is 300 g/mol. The van der Waals surface area contributed by atoms with Crippen LogP contribution < -0.4 is 11.3 Å². The Labute approximate surface area is 133 Å². The third-order valence-corrected chi connectivity index (χ3v) is 6.09. The van der Waals surface area contributed by atoms with Gasteiger partial charge in [-0.2, -0.15) is 0 Å². The third kappa shape index (κ3) is 3.17. The van der Waals surface area contributed by atoms with Crippen LogP contribution in [0.25, 0.3) is 10.2 Å². The van der Waals surface area contributed by atoms with Gasteiger partial charge in [-0.1, -0.05) is 20.8 Å². The highest BCUT2D eigenvalue weighted by Crippen LogP contribution is 2.39. The normalized spacial score (nSPS) is 15.2. The fraction of sp³-hybridized carbons (Fsp3) is 0.600. The van der Waals surface area contributed by atoms with Gasteiger partial charge in [-0.15, -0.1) is 23.1 Å². The zero-order valence-corrected chi connectivity index (χ0v) is 14.5. The molecular formula is C15H22N4S2. The summed E-state index contributed by atoms with van der Waals surface area (Å²) >= 11 is 3.68. The number of thioether (sulfide) groups is 1. The van der Waals surface area contributed by atoms with E-state index in [4.69, 9.17) is 10.8 Å². The minimum atomic E-state index is 0.212. The smallest absolute Gasteiger partial charge is 0.152 e. The van der Waals surface area contributed by atoms with E-state index in [0.29, 0.717) is 0 Å². The van der Waals surface area contributed by atoms with Crippen molar-refractivity contribution >= 4 is 39.1 Å². The van der Waals surface area contributed by atoms with E-state index in [-0.39, 0.29) is 4.75 Å². The molecule has 0 spiro atoms. The molecule has 21 heavy (non-hydrogen) atoms. The molecule has 4 nitrogen and oxygen atoms in total. The van der Waals surface area contributed by atoms with Gasteiger partial charge in [-0.3, -0.25) is 0 Å². The number of nitrogens with zero attached hydrogens (tertiary/aromatic N) is 2. The Bertz CT molecular complexity index is 658. The first-order chi connectivity index (χ1) is 9.98. The second-order valence-corrected chi connectivity index (χ2v) is 9.31. The van der Waals surface area contributed by atoms with Gasteiger partial charge in [-0.25, -0.2) is 15.8 Å². The SMILES string of the molecule is CC(C)(C)SCc1nc(NN)c2c3c(sc2n1)CCCC3. The molecule has 114 valence electrons. The van der Waals surface area contributed by atoms with Crippen molar-refractivity contribution in [2.24, 2.45) is 5.84 Å². The van der Waals surface area contributed by atoms with Crippen molar-refractivity contribution < 1.29 is 0 Å². The molecule has 0 aliphatic heterocycles. The summed E-state index contributed by atoms with van der Waals surface area (Å²) in [7, 11) is 0. The van der Waals surface area contributed by atoms with Crippen LogP contribution in [-0.2, 0) is 18.6 Å². The van der Waals surface area contributed by atoms with Gasteiger partial charge in [0.2, 0.25) is 0 Å². The van der Waals surface area contributed by atoms with E-state index in [2.05, 4.69) is 31.2 Å². The fourth-order valence-corrected chi connectivity index (χ4v) is 4.62. The molecule has 0 radical (unpaired) electrons. The van der Waals surface area contributed by atoms with Crippen molar-refractivity contribution in [3.05, 3.63) is 16.3 Å². The molecule has 2 heterocycles. The molecule has 2 aromatic heterocycles. The summed E-state index contributed by atoms with van der Waals surface area (Å²) in [6.45, 7) is 6.63. The second-order valence-electron chi connectivity index (χ2n) is 6.42. The van der Waals surface area contributed by atoms with Crippen LogP contribution in [0.15, 0.2) is 0 Å². The van der Waals surface area contributed by atoms with Crippen LogP contribution in [0, 0.1) is 0 Å². The number of thiophene rings is 1. The minimum absolute atomic E-state index is 0.212. The number of hydrogen-bond donors (Lipinski definition) is 2. The summed E-state index contributed by atoms with van der Waals surface area (Å²) in [5, 5.41) is 1.15. The molecule has 3 rings (SSSR count). The third-order valence-electron chi connectivity index (χ3n) is 3.63. The minimum Gasteiger partial charge on any atom is -0.308 e. The van der Waals surface area contributed by atoms with Crippen LogP contribution in [0.4, 0.5) is 5.82 Å². The van der Waals surface area contributed by atoms with E-state index < -0.39 is 0 Å². The molecule has 3 N–H and O–H groups in total.